The van der Waals surface area contributed by atoms with Crippen LogP contribution in [-0.2, 0) is 22.4 Å². The van der Waals surface area contributed by atoms with E-state index in [2.05, 4.69) is 38.8 Å². The van der Waals surface area contributed by atoms with Crippen molar-refractivity contribution in [1.82, 2.24) is 14.4 Å². The van der Waals surface area contributed by atoms with Crippen LogP contribution in [0.5, 0.6) is 0 Å². The molecule has 2 aliphatic carbocycles. The number of Topliss-reactive ketones (excluding diaryl/α,β-unsaturated/α-hetero) is 1. The monoisotopic (exact) mass is 435 g/mol. The van der Waals surface area contributed by atoms with Gasteiger partial charge in [-0.15, -0.1) is 0 Å². The Bertz CT molecular complexity index is 961. The van der Waals surface area contributed by atoms with Crippen LogP contribution in [0.3, 0.4) is 0 Å². The number of fused-ring (bicyclic) bond motifs is 1. The van der Waals surface area contributed by atoms with Crippen LogP contribution in [0.4, 0.5) is 0 Å². The number of carbonyl (C=O) groups excluding carboxylic acids is 1. The number of piperazine rings is 1. The van der Waals surface area contributed by atoms with E-state index < -0.39 is 0 Å². The van der Waals surface area contributed by atoms with Crippen LogP contribution in [0.2, 0.25) is 0 Å². The topological polar surface area (TPSA) is 46.9 Å². The van der Waals surface area contributed by atoms with Crippen molar-refractivity contribution in [2.75, 3.05) is 32.7 Å². The summed E-state index contributed by atoms with van der Waals surface area (Å²) in [6.45, 7) is 6.01. The molecule has 170 valence electrons. The minimum absolute atomic E-state index is 0.314. The fourth-order valence-corrected chi connectivity index (χ4v) is 5.05. The first-order valence-corrected chi connectivity index (χ1v) is 12.0. The zero-order chi connectivity index (χ0) is 21.8. The molecule has 1 aromatic rings. The quantitative estimate of drug-likeness (QED) is 0.637. The van der Waals surface area contributed by atoms with Crippen molar-refractivity contribution in [2.45, 2.75) is 51.5 Å². The standard InChI is InChI=1S/C26H33N3O3/c30-25-9-4-8-24-23(25)10-13-28(24)12-5-11-27-14-16-29(17-15-27)26-20-31-19-22(32-26)18-21-6-2-1-3-7-21/h1-2,6,10,13,19-20H,3-5,7-9,11-12,14-18H2. The molecule has 3 heterocycles. The molecule has 0 aromatic carbocycles. The summed E-state index contributed by atoms with van der Waals surface area (Å²) in [6, 6.07) is 2.01. The molecule has 6 nitrogen and oxygen atoms in total. The van der Waals surface area contributed by atoms with Gasteiger partial charge in [-0.3, -0.25) is 9.69 Å². The number of aromatic nitrogens is 1. The van der Waals surface area contributed by atoms with Crippen molar-refractivity contribution in [3.8, 4) is 0 Å². The molecule has 0 saturated carbocycles. The molecule has 0 unspecified atom stereocenters. The second-order valence-electron chi connectivity index (χ2n) is 9.08. The summed E-state index contributed by atoms with van der Waals surface area (Å²) < 4.78 is 14.1. The predicted octanol–water partition coefficient (Wildman–Crippen LogP) is 4.37. The van der Waals surface area contributed by atoms with Crippen molar-refractivity contribution >= 4 is 5.78 Å². The van der Waals surface area contributed by atoms with Crippen LogP contribution < -0.4 is 0 Å². The molecule has 0 atom stereocenters. The van der Waals surface area contributed by atoms with E-state index in [9.17, 15) is 4.79 Å². The first-order valence-electron chi connectivity index (χ1n) is 12.0. The minimum atomic E-state index is 0.314. The average Bonchev–Trinajstić information content (AvgIpc) is 3.25. The van der Waals surface area contributed by atoms with E-state index in [0.29, 0.717) is 12.2 Å². The summed E-state index contributed by atoms with van der Waals surface area (Å²) in [6.07, 6.45) is 18.9. The van der Waals surface area contributed by atoms with Gasteiger partial charge in [0.15, 0.2) is 12.0 Å². The number of hydrogen-bond donors (Lipinski definition) is 0. The third-order valence-corrected chi connectivity index (χ3v) is 6.86. The van der Waals surface area contributed by atoms with Crippen LogP contribution in [0.15, 0.2) is 60.2 Å². The Morgan fingerprint density at radius 3 is 2.75 bits per heavy atom. The van der Waals surface area contributed by atoms with E-state index in [1.807, 2.05) is 6.07 Å². The number of carbonyl (C=O) groups is 1. The third kappa shape index (κ3) is 4.85. The molecule has 1 fully saturated rings. The van der Waals surface area contributed by atoms with Crippen LogP contribution in [0.1, 0.15) is 54.6 Å². The van der Waals surface area contributed by atoms with Crippen LogP contribution in [0, 0.1) is 0 Å². The van der Waals surface area contributed by atoms with Gasteiger partial charge in [0, 0.05) is 63.0 Å². The van der Waals surface area contributed by atoms with Gasteiger partial charge in [-0.05, 0) is 44.7 Å². The van der Waals surface area contributed by atoms with Gasteiger partial charge in [0.05, 0.1) is 0 Å². The van der Waals surface area contributed by atoms with Crippen molar-refractivity contribution in [3.63, 3.8) is 0 Å². The molecule has 0 bridgehead atoms. The number of aryl methyl sites for hydroxylation is 1. The van der Waals surface area contributed by atoms with E-state index >= 15 is 0 Å². The highest BCUT2D eigenvalue weighted by Crippen LogP contribution is 2.26. The first-order chi connectivity index (χ1) is 15.8. The average molecular weight is 436 g/mol. The van der Waals surface area contributed by atoms with Crippen molar-refractivity contribution in [2.24, 2.45) is 0 Å². The van der Waals surface area contributed by atoms with Gasteiger partial charge in [-0.25, -0.2) is 0 Å². The number of ketones is 1. The maximum atomic E-state index is 12.0. The fraction of sp³-hybridized carbons (Fsp3) is 0.500. The number of allylic oxidation sites excluding steroid dienone is 4. The smallest absolute Gasteiger partial charge is 0.231 e. The molecule has 32 heavy (non-hydrogen) atoms. The summed E-state index contributed by atoms with van der Waals surface area (Å²) in [4.78, 5) is 16.9. The maximum Gasteiger partial charge on any atom is 0.231 e. The van der Waals surface area contributed by atoms with Gasteiger partial charge in [0.1, 0.15) is 12.0 Å². The van der Waals surface area contributed by atoms with Gasteiger partial charge in [0.2, 0.25) is 5.88 Å². The summed E-state index contributed by atoms with van der Waals surface area (Å²) >= 11 is 0. The van der Waals surface area contributed by atoms with Gasteiger partial charge in [-0.2, -0.15) is 0 Å². The molecule has 0 spiro atoms. The molecule has 6 heteroatoms. The van der Waals surface area contributed by atoms with E-state index in [1.54, 1.807) is 12.5 Å². The summed E-state index contributed by atoms with van der Waals surface area (Å²) in [5.74, 6) is 2.03. The lowest BCUT2D eigenvalue weighted by Gasteiger charge is -2.37. The highest BCUT2D eigenvalue weighted by Gasteiger charge is 2.24. The van der Waals surface area contributed by atoms with Gasteiger partial charge < -0.3 is 18.9 Å². The maximum absolute atomic E-state index is 12.0. The predicted molar refractivity (Wildman–Crippen MR) is 124 cm³/mol. The minimum Gasteiger partial charge on any atom is -0.464 e. The van der Waals surface area contributed by atoms with E-state index in [1.165, 1.54) is 11.3 Å². The molecule has 1 aromatic heterocycles. The van der Waals surface area contributed by atoms with Crippen molar-refractivity contribution < 1.29 is 14.3 Å². The van der Waals surface area contributed by atoms with Crippen molar-refractivity contribution in [3.05, 3.63) is 71.5 Å². The highest BCUT2D eigenvalue weighted by atomic mass is 16.6. The Balaban J connectivity index is 1.05. The van der Waals surface area contributed by atoms with E-state index in [-0.39, 0.29) is 0 Å². The summed E-state index contributed by atoms with van der Waals surface area (Å²) in [7, 11) is 0. The molecular formula is C26H33N3O3. The van der Waals surface area contributed by atoms with Gasteiger partial charge >= 0.3 is 0 Å². The van der Waals surface area contributed by atoms with Gasteiger partial charge in [0.25, 0.3) is 0 Å². The number of rotatable bonds is 7. The Kier molecular flexibility index (Phi) is 6.49. The fourth-order valence-electron chi connectivity index (χ4n) is 5.05. The van der Waals surface area contributed by atoms with Crippen molar-refractivity contribution in [1.29, 1.82) is 0 Å². The van der Waals surface area contributed by atoms with Crippen LogP contribution in [-0.4, -0.2) is 52.9 Å². The lowest BCUT2D eigenvalue weighted by atomic mass is 9.97. The summed E-state index contributed by atoms with van der Waals surface area (Å²) in [5, 5.41) is 0. The first kappa shape index (κ1) is 21.1. The second kappa shape index (κ2) is 9.82. The number of nitrogens with zero attached hydrogens (tertiary/aromatic N) is 3. The Morgan fingerprint density at radius 1 is 1.00 bits per heavy atom. The molecule has 4 aliphatic rings. The molecule has 0 amide bonds. The normalized spacial score (nSPS) is 21.3. The molecule has 0 radical (unpaired) electrons. The highest BCUT2D eigenvalue weighted by molar-refractivity contribution is 5.98. The molecule has 1 saturated heterocycles. The van der Waals surface area contributed by atoms with Crippen LogP contribution in [0.25, 0.3) is 0 Å². The number of ether oxygens (including phenoxy) is 2. The lowest BCUT2D eigenvalue weighted by Crippen LogP contribution is -2.46. The van der Waals surface area contributed by atoms with Crippen LogP contribution >= 0.6 is 0 Å². The Morgan fingerprint density at radius 2 is 1.91 bits per heavy atom. The second-order valence-corrected chi connectivity index (χ2v) is 9.08. The third-order valence-electron chi connectivity index (χ3n) is 6.86. The summed E-state index contributed by atoms with van der Waals surface area (Å²) in [5.41, 5.74) is 3.59. The van der Waals surface area contributed by atoms with E-state index in [4.69, 9.17) is 9.47 Å². The molecular weight excluding hydrogens is 402 g/mol. The Labute approximate surface area is 190 Å². The zero-order valence-electron chi connectivity index (χ0n) is 18.8. The SMILES string of the molecule is O=C1CCCc2c1ccn2CCCN1CCN(C2=COC=C(CC3=CC=CCC3)O2)CC1. The zero-order valence-corrected chi connectivity index (χ0v) is 18.8. The molecule has 2 aliphatic heterocycles. The van der Waals surface area contributed by atoms with Gasteiger partial charge in [-0.1, -0.05) is 23.8 Å². The number of hydrogen-bond acceptors (Lipinski definition) is 5. The molecule has 5 rings (SSSR count). The largest absolute Gasteiger partial charge is 0.464 e. The molecule has 0 N–H and O–H groups in total. The van der Waals surface area contributed by atoms with E-state index in [0.717, 1.165) is 95.0 Å². The lowest BCUT2D eigenvalue weighted by molar-refractivity contribution is 0.0744. The Hall–Kier alpha value is -2.73.